The third kappa shape index (κ3) is 6.28. The molecule has 2 rings (SSSR count). The maximum atomic E-state index is 12.5. The molecule has 0 bridgehead atoms. The molecule has 1 fully saturated rings. The van der Waals surface area contributed by atoms with E-state index in [1.165, 1.54) is 0 Å². The summed E-state index contributed by atoms with van der Waals surface area (Å²) in [7, 11) is 0. The van der Waals surface area contributed by atoms with Gasteiger partial charge in [0.25, 0.3) is 5.91 Å². The number of hydrogen-bond acceptors (Lipinski definition) is 5. The molecule has 6 nitrogen and oxygen atoms in total. The maximum absolute atomic E-state index is 12.5. The van der Waals surface area contributed by atoms with Crippen LogP contribution in [0.25, 0.3) is 0 Å². The van der Waals surface area contributed by atoms with Crippen molar-refractivity contribution in [3.05, 3.63) is 29.8 Å². The molecule has 1 saturated carbocycles. The number of carbonyl (C=O) groups excluding carboxylic acids is 2. The van der Waals surface area contributed by atoms with Crippen molar-refractivity contribution in [3.63, 3.8) is 0 Å². The molecule has 0 spiro atoms. The van der Waals surface area contributed by atoms with Gasteiger partial charge in [0, 0.05) is 6.54 Å². The first kappa shape index (κ1) is 20.8. The SMILES string of the molecule is CCOC(=O)CC1(CNC(=O)[C@H](C)Oc2cccc(C#N)c2)CCCCC1. The average Bonchev–Trinajstić information content (AvgIpc) is 2.67. The average molecular weight is 372 g/mol. The number of nitrogens with one attached hydrogen (secondary N) is 1. The quantitative estimate of drug-likeness (QED) is 0.707. The molecule has 146 valence electrons. The summed E-state index contributed by atoms with van der Waals surface area (Å²) in [5.74, 6) is 0.0491. The number of rotatable bonds is 8. The van der Waals surface area contributed by atoms with Gasteiger partial charge in [-0.25, -0.2) is 0 Å². The number of hydrogen-bond donors (Lipinski definition) is 1. The molecule has 0 aliphatic heterocycles. The van der Waals surface area contributed by atoms with Crippen LogP contribution in [0.4, 0.5) is 0 Å². The highest BCUT2D eigenvalue weighted by Crippen LogP contribution is 2.39. The van der Waals surface area contributed by atoms with Gasteiger partial charge in [-0.2, -0.15) is 5.26 Å². The summed E-state index contributed by atoms with van der Waals surface area (Å²) < 4.78 is 10.8. The molecule has 1 aromatic carbocycles. The van der Waals surface area contributed by atoms with Crippen molar-refractivity contribution in [1.29, 1.82) is 5.26 Å². The summed E-state index contributed by atoms with van der Waals surface area (Å²) in [5, 5.41) is 11.9. The first-order valence-corrected chi connectivity index (χ1v) is 9.58. The van der Waals surface area contributed by atoms with Gasteiger partial charge < -0.3 is 14.8 Å². The lowest BCUT2D eigenvalue weighted by Gasteiger charge is -2.37. The molecule has 1 atom stereocenters. The summed E-state index contributed by atoms with van der Waals surface area (Å²) in [6.07, 6.45) is 4.73. The van der Waals surface area contributed by atoms with Crippen LogP contribution in [0, 0.1) is 16.7 Å². The Morgan fingerprint density at radius 3 is 2.70 bits per heavy atom. The van der Waals surface area contributed by atoms with E-state index < -0.39 is 6.10 Å². The Morgan fingerprint density at radius 2 is 2.04 bits per heavy atom. The summed E-state index contributed by atoms with van der Waals surface area (Å²) in [6, 6.07) is 8.77. The maximum Gasteiger partial charge on any atom is 0.306 e. The number of ether oxygens (including phenoxy) is 2. The van der Waals surface area contributed by atoms with Crippen LogP contribution in [0.5, 0.6) is 5.75 Å². The van der Waals surface area contributed by atoms with Crippen molar-refractivity contribution < 1.29 is 19.1 Å². The van der Waals surface area contributed by atoms with E-state index in [1.807, 2.05) is 6.07 Å². The molecule has 1 amide bonds. The fraction of sp³-hybridized carbons (Fsp3) is 0.571. The van der Waals surface area contributed by atoms with Gasteiger partial charge in [-0.15, -0.1) is 0 Å². The third-order valence-electron chi connectivity index (χ3n) is 5.02. The Bertz CT molecular complexity index is 690. The van der Waals surface area contributed by atoms with E-state index in [-0.39, 0.29) is 17.3 Å². The van der Waals surface area contributed by atoms with Gasteiger partial charge in [0.2, 0.25) is 0 Å². The molecule has 0 aromatic heterocycles. The molecule has 1 aromatic rings. The van der Waals surface area contributed by atoms with Crippen LogP contribution in [-0.2, 0) is 14.3 Å². The number of carbonyl (C=O) groups is 2. The Morgan fingerprint density at radius 1 is 1.30 bits per heavy atom. The zero-order valence-corrected chi connectivity index (χ0v) is 16.1. The zero-order chi connectivity index (χ0) is 19.7. The number of esters is 1. The highest BCUT2D eigenvalue weighted by molar-refractivity contribution is 5.81. The molecule has 27 heavy (non-hydrogen) atoms. The lowest BCUT2D eigenvalue weighted by Crippen LogP contribution is -2.44. The predicted molar refractivity (Wildman–Crippen MR) is 101 cm³/mol. The van der Waals surface area contributed by atoms with E-state index in [0.717, 1.165) is 32.1 Å². The largest absolute Gasteiger partial charge is 0.481 e. The normalized spacial score (nSPS) is 16.6. The van der Waals surface area contributed by atoms with Crippen LogP contribution in [-0.4, -0.2) is 31.1 Å². The van der Waals surface area contributed by atoms with Crippen molar-refractivity contribution in [1.82, 2.24) is 5.32 Å². The molecule has 0 heterocycles. The molecule has 0 saturated heterocycles. The minimum atomic E-state index is -0.692. The van der Waals surface area contributed by atoms with Crippen LogP contribution >= 0.6 is 0 Å². The monoisotopic (exact) mass is 372 g/mol. The van der Waals surface area contributed by atoms with Gasteiger partial charge in [0.15, 0.2) is 6.10 Å². The first-order chi connectivity index (χ1) is 13.0. The van der Waals surface area contributed by atoms with Crippen LogP contribution in [0.1, 0.15) is 57.9 Å². The van der Waals surface area contributed by atoms with Crippen molar-refractivity contribution >= 4 is 11.9 Å². The second-order valence-electron chi connectivity index (χ2n) is 7.16. The number of benzene rings is 1. The summed E-state index contributed by atoms with van der Waals surface area (Å²) in [4.78, 5) is 24.5. The van der Waals surface area contributed by atoms with Gasteiger partial charge in [-0.05, 0) is 50.3 Å². The van der Waals surface area contributed by atoms with Crippen molar-refractivity contribution in [2.24, 2.45) is 5.41 Å². The Hall–Kier alpha value is -2.55. The van der Waals surface area contributed by atoms with Gasteiger partial charge in [0.05, 0.1) is 24.7 Å². The van der Waals surface area contributed by atoms with Crippen LogP contribution in [0.15, 0.2) is 24.3 Å². The number of amides is 1. The van der Waals surface area contributed by atoms with E-state index in [1.54, 1.807) is 38.1 Å². The van der Waals surface area contributed by atoms with E-state index in [9.17, 15) is 9.59 Å². The van der Waals surface area contributed by atoms with Gasteiger partial charge in [0.1, 0.15) is 5.75 Å². The predicted octanol–water partition coefficient (Wildman–Crippen LogP) is 3.35. The standard InChI is InChI=1S/C21H28N2O4/c1-3-26-19(24)13-21(10-5-4-6-11-21)15-23-20(25)16(2)27-18-9-7-8-17(12-18)14-22/h7-9,12,16H,3-6,10-11,13,15H2,1-2H3,(H,23,25)/t16-/m0/s1. The molecule has 0 unspecified atom stereocenters. The highest BCUT2D eigenvalue weighted by Gasteiger charge is 2.35. The lowest BCUT2D eigenvalue weighted by atomic mass is 9.71. The third-order valence-corrected chi connectivity index (χ3v) is 5.02. The number of nitriles is 1. The second kappa shape index (κ2) is 9.96. The fourth-order valence-corrected chi connectivity index (χ4v) is 3.55. The van der Waals surface area contributed by atoms with Crippen LogP contribution in [0.2, 0.25) is 0 Å². The Balaban J connectivity index is 1.93. The summed E-state index contributed by atoms with van der Waals surface area (Å²) in [5.41, 5.74) is 0.247. The number of nitrogens with zero attached hydrogens (tertiary/aromatic N) is 1. The topological polar surface area (TPSA) is 88.4 Å². The minimum absolute atomic E-state index is 0.203. The van der Waals surface area contributed by atoms with E-state index >= 15 is 0 Å². The van der Waals surface area contributed by atoms with Crippen LogP contribution < -0.4 is 10.1 Å². The van der Waals surface area contributed by atoms with Crippen molar-refractivity contribution in [3.8, 4) is 11.8 Å². The van der Waals surface area contributed by atoms with Gasteiger partial charge in [-0.1, -0.05) is 25.3 Å². The van der Waals surface area contributed by atoms with Crippen molar-refractivity contribution in [2.45, 2.75) is 58.5 Å². The van der Waals surface area contributed by atoms with Gasteiger partial charge in [-0.3, -0.25) is 9.59 Å². The molecule has 0 radical (unpaired) electrons. The Kier molecular flexibility index (Phi) is 7.66. The van der Waals surface area contributed by atoms with E-state index in [0.29, 0.717) is 30.9 Å². The molecule has 1 aliphatic carbocycles. The zero-order valence-electron chi connectivity index (χ0n) is 16.1. The smallest absolute Gasteiger partial charge is 0.306 e. The minimum Gasteiger partial charge on any atom is -0.481 e. The van der Waals surface area contributed by atoms with Gasteiger partial charge >= 0.3 is 5.97 Å². The first-order valence-electron chi connectivity index (χ1n) is 9.58. The van der Waals surface area contributed by atoms with Crippen LogP contribution in [0.3, 0.4) is 0 Å². The Labute approximate surface area is 160 Å². The van der Waals surface area contributed by atoms with Crippen molar-refractivity contribution in [2.75, 3.05) is 13.2 Å². The molecular weight excluding hydrogens is 344 g/mol. The van der Waals surface area contributed by atoms with E-state index in [2.05, 4.69) is 5.32 Å². The second-order valence-corrected chi connectivity index (χ2v) is 7.16. The fourth-order valence-electron chi connectivity index (χ4n) is 3.55. The molecule has 1 N–H and O–H groups in total. The lowest BCUT2D eigenvalue weighted by molar-refractivity contribution is -0.147. The molecular formula is C21H28N2O4. The molecule has 6 heteroatoms. The molecule has 1 aliphatic rings. The summed E-state index contributed by atoms with van der Waals surface area (Å²) >= 11 is 0. The van der Waals surface area contributed by atoms with E-state index in [4.69, 9.17) is 14.7 Å². The highest BCUT2D eigenvalue weighted by atomic mass is 16.5. The summed E-state index contributed by atoms with van der Waals surface area (Å²) in [6.45, 7) is 4.28.